The molecule has 2 N–H and O–H groups in total. The number of anilines is 2. The number of carbonyl (C=O) groups is 2. The minimum Gasteiger partial charge on any atom is -0.493 e. The molecule has 0 unspecified atom stereocenters. The quantitative estimate of drug-likeness (QED) is 0.278. The van der Waals surface area contributed by atoms with Crippen LogP contribution in [0.3, 0.4) is 0 Å². The molecule has 264 valence electrons. The van der Waals surface area contributed by atoms with Crippen molar-refractivity contribution in [2.45, 2.75) is 51.4 Å². The maximum atomic E-state index is 14.2. The van der Waals surface area contributed by atoms with Gasteiger partial charge in [0, 0.05) is 26.2 Å². The number of piperazine rings is 1. The number of amides is 2. The highest BCUT2D eigenvalue weighted by Gasteiger charge is 2.34. The summed E-state index contributed by atoms with van der Waals surface area (Å²) in [5.74, 6) is -0.703. The molecule has 18 heteroatoms. The van der Waals surface area contributed by atoms with Crippen LogP contribution in [0.5, 0.6) is 5.88 Å². The van der Waals surface area contributed by atoms with Gasteiger partial charge in [0.05, 0.1) is 47.4 Å². The number of carbonyl (C=O) groups excluding carboxylic acids is 2. The minimum atomic E-state index is -4.61. The van der Waals surface area contributed by atoms with Gasteiger partial charge < -0.3 is 29.5 Å². The van der Waals surface area contributed by atoms with E-state index in [9.17, 15) is 32.7 Å². The molecule has 14 nitrogen and oxygen atoms in total. The molecule has 1 saturated carbocycles. The molecule has 5 heterocycles. The monoisotopic (exact) mass is 715 g/mol. The molecule has 2 aliphatic heterocycles. The first-order valence-corrected chi connectivity index (χ1v) is 16.6. The molecule has 0 spiro atoms. The molecule has 2 fully saturated rings. The van der Waals surface area contributed by atoms with Gasteiger partial charge in [0.25, 0.3) is 11.5 Å². The highest BCUT2D eigenvalue weighted by atomic mass is 35.5. The molecule has 1 saturated heterocycles. The number of rotatable bonds is 8. The van der Waals surface area contributed by atoms with Crippen LogP contribution >= 0.6 is 11.6 Å². The van der Waals surface area contributed by atoms with E-state index in [1.807, 2.05) is 17.9 Å². The molecule has 3 aliphatic rings. The Morgan fingerprint density at radius 1 is 1.16 bits per heavy atom. The van der Waals surface area contributed by atoms with Crippen LogP contribution in [-0.4, -0.2) is 90.2 Å². The summed E-state index contributed by atoms with van der Waals surface area (Å²) in [5, 5.41) is 21.6. The van der Waals surface area contributed by atoms with E-state index in [1.165, 1.54) is 10.9 Å². The van der Waals surface area contributed by atoms with E-state index >= 15 is 0 Å². The summed E-state index contributed by atoms with van der Waals surface area (Å²) in [6.07, 6.45) is 1.23. The predicted octanol–water partition coefficient (Wildman–Crippen LogP) is 3.77. The fourth-order valence-corrected chi connectivity index (χ4v) is 6.55. The van der Waals surface area contributed by atoms with Gasteiger partial charge in [-0.2, -0.15) is 27.8 Å². The van der Waals surface area contributed by atoms with E-state index in [0.717, 1.165) is 41.1 Å². The van der Waals surface area contributed by atoms with Gasteiger partial charge >= 0.3 is 6.18 Å². The van der Waals surface area contributed by atoms with Crippen LogP contribution in [0.15, 0.2) is 35.3 Å². The second kappa shape index (κ2) is 13.1. The van der Waals surface area contributed by atoms with Gasteiger partial charge in [-0.3, -0.25) is 14.4 Å². The molecule has 7 rings (SSSR count). The number of ether oxygens (including phenoxy) is 1. The minimum absolute atomic E-state index is 0.0102. The average Bonchev–Trinajstić information content (AvgIpc) is 3.72. The number of aromatic nitrogens is 6. The summed E-state index contributed by atoms with van der Waals surface area (Å²) < 4.78 is 49.2. The van der Waals surface area contributed by atoms with Gasteiger partial charge in [0.1, 0.15) is 17.8 Å². The van der Waals surface area contributed by atoms with Gasteiger partial charge in [0.15, 0.2) is 5.82 Å². The SMILES string of the molecule is CCc1c(N2CCN(C(=O)c3cnn(C4CC4)c3O)CC2)c(=O)n2nc(C3=CCOCC3)nc2n1CC(=O)Nc1ccc(C(F)(F)F)cc1Cl. The zero-order valence-corrected chi connectivity index (χ0v) is 27.7. The molecule has 50 heavy (non-hydrogen) atoms. The number of alkyl halides is 3. The Hall–Kier alpha value is -4.90. The van der Waals surface area contributed by atoms with Crippen LogP contribution < -0.4 is 15.8 Å². The number of hydrogen-bond acceptors (Lipinski definition) is 9. The maximum Gasteiger partial charge on any atom is 0.416 e. The summed E-state index contributed by atoms with van der Waals surface area (Å²) in [7, 11) is 0. The van der Waals surface area contributed by atoms with Crippen molar-refractivity contribution < 1.29 is 32.6 Å². The van der Waals surface area contributed by atoms with Crippen molar-refractivity contribution in [2.75, 3.05) is 49.6 Å². The van der Waals surface area contributed by atoms with E-state index < -0.39 is 23.2 Å². The van der Waals surface area contributed by atoms with E-state index in [1.54, 1.807) is 9.47 Å². The van der Waals surface area contributed by atoms with E-state index in [4.69, 9.17) is 16.3 Å². The number of fused-ring (bicyclic) bond motifs is 1. The van der Waals surface area contributed by atoms with E-state index in [-0.39, 0.29) is 78.3 Å². The van der Waals surface area contributed by atoms with Crippen LogP contribution in [0.4, 0.5) is 24.5 Å². The Labute approximate surface area is 287 Å². The number of aromatic hydroxyl groups is 1. The van der Waals surface area contributed by atoms with Crippen molar-refractivity contribution in [1.82, 2.24) is 33.8 Å². The van der Waals surface area contributed by atoms with Crippen molar-refractivity contribution in [3.05, 3.63) is 68.5 Å². The standard InChI is InChI=1S/C32H33ClF3N9O5/c1-2-24-26(41-9-11-42(12-10-41)28(47)21-16-37-44(29(21)48)20-4-5-20)30(49)45-31(39-27(40-45)18-7-13-50-14-8-18)43(24)17-25(46)38-23-6-3-19(15-22(23)33)32(34,35)36/h3,6-7,15-16,20,48H,2,4-5,8-14,17H2,1H3,(H,38,46). The highest BCUT2D eigenvalue weighted by Crippen LogP contribution is 2.38. The second-order valence-electron chi connectivity index (χ2n) is 12.3. The predicted molar refractivity (Wildman–Crippen MR) is 175 cm³/mol. The Morgan fingerprint density at radius 2 is 1.92 bits per heavy atom. The highest BCUT2D eigenvalue weighted by molar-refractivity contribution is 6.33. The average molecular weight is 716 g/mol. The zero-order valence-electron chi connectivity index (χ0n) is 26.9. The number of halogens is 4. The Morgan fingerprint density at radius 3 is 2.56 bits per heavy atom. The summed E-state index contributed by atoms with van der Waals surface area (Å²) in [6.45, 7) is 3.32. The Bertz CT molecular complexity index is 2080. The number of nitrogens with one attached hydrogen (secondary N) is 1. The number of nitrogens with zero attached hydrogens (tertiary/aromatic N) is 8. The summed E-state index contributed by atoms with van der Waals surface area (Å²) in [5.41, 5.74) is 0.268. The molecule has 1 aliphatic carbocycles. The van der Waals surface area contributed by atoms with Gasteiger partial charge in [0.2, 0.25) is 17.6 Å². The molecular weight excluding hydrogens is 683 g/mol. The lowest BCUT2D eigenvalue weighted by molar-refractivity contribution is -0.137. The second-order valence-corrected chi connectivity index (χ2v) is 12.7. The molecule has 2 amide bonds. The first-order valence-electron chi connectivity index (χ1n) is 16.2. The molecule has 1 aromatic carbocycles. The zero-order chi connectivity index (χ0) is 35.3. The molecule has 0 bridgehead atoms. The van der Waals surface area contributed by atoms with Crippen molar-refractivity contribution >= 4 is 46.1 Å². The van der Waals surface area contributed by atoms with Crippen LogP contribution in [0.1, 0.15) is 59.7 Å². The van der Waals surface area contributed by atoms with E-state index in [2.05, 4.69) is 20.5 Å². The normalized spacial score (nSPS) is 16.9. The van der Waals surface area contributed by atoms with Crippen LogP contribution in [0.25, 0.3) is 11.4 Å². The molecule has 0 radical (unpaired) electrons. The summed E-state index contributed by atoms with van der Waals surface area (Å²) in [6, 6.07) is 2.75. The smallest absolute Gasteiger partial charge is 0.416 e. The van der Waals surface area contributed by atoms with Crippen molar-refractivity contribution in [1.29, 1.82) is 0 Å². The van der Waals surface area contributed by atoms with E-state index in [0.29, 0.717) is 37.6 Å². The van der Waals surface area contributed by atoms with Crippen molar-refractivity contribution in [3.8, 4) is 5.88 Å². The number of hydrogen-bond donors (Lipinski definition) is 2. The lowest BCUT2D eigenvalue weighted by atomic mass is 10.1. The lowest BCUT2D eigenvalue weighted by Crippen LogP contribution is -2.50. The fourth-order valence-electron chi connectivity index (χ4n) is 6.32. The fraction of sp³-hybridized carbons (Fsp3) is 0.438. The first kappa shape index (κ1) is 33.6. The summed E-state index contributed by atoms with van der Waals surface area (Å²) in [4.78, 5) is 49.1. The van der Waals surface area contributed by atoms with Gasteiger partial charge in [-0.05, 0) is 49.5 Å². The van der Waals surface area contributed by atoms with Crippen molar-refractivity contribution in [3.63, 3.8) is 0 Å². The first-order chi connectivity index (χ1) is 23.9. The largest absolute Gasteiger partial charge is 0.493 e. The lowest BCUT2D eigenvalue weighted by Gasteiger charge is -2.36. The molecular formula is C32H33ClF3N9O5. The van der Waals surface area contributed by atoms with Gasteiger partial charge in [-0.1, -0.05) is 24.6 Å². The van der Waals surface area contributed by atoms with Crippen LogP contribution in [0.2, 0.25) is 5.02 Å². The van der Waals surface area contributed by atoms with Gasteiger partial charge in [-0.25, -0.2) is 4.68 Å². The summed E-state index contributed by atoms with van der Waals surface area (Å²) >= 11 is 6.11. The Kier molecular flexibility index (Phi) is 8.80. The third-order valence-corrected chi connectivity index (χ3v) is 9.37. The topological polar surface area (TPSA) is 152 Å². The Balaban J connectivity index is 1.20. The molecule has 3 aromatic heterocycles. The molecule has 0 atom stereocenters. The third kappa shape index (κ3) is 6.30. The van der Waals surface area contributed by atoms with Crippen LogP contribution in [-0.2, 0) is 28.7 Å². The molecule has 4 aromatic rings. The van der Waals surface area contributed by atoms with Crippen LogP contribution in [0, 0.1) is 0 Å². The number of benzene rings is 1. The van der Waals surface area contributed by atoms with Crippen molar-refractivity contribution in [2.24, 2.45) is 0 Å². The van der Waals surface area contributed by atoms with Gasteiger partial charge in [-0.15, -0.1) is 5.10 Å². The maximum absolute atomic E-state index is 14.2. The third-order valence-electron chi connectivity index (χ3n) is 9.06.